The van der Waals surface area contributed by atoms with Crippen molar-refractivity contribution < 1.29 is 13.2 Å². The van der Waals surface area contributed by atoms with E-state index in [1.54, 1.807) is 4.90 Å². The standard InChI is InChI=1S/C15H28N2O3S/c1-4-5-8-13-15(18)17(14(16-13)11(2)3)10-12-7-6-9-21(12,19)20/h11-14,16H,4-10H2,1-3H3. The summed E-state index contributed by atoms with van der Waals surface area (Å²) in [6.45, 7) is 6.62. The Hall–Kier alpha value is -0.620. The number of nitrogens with one attached hydrogen (secondary N) is 1. The zero-order valence-electron chi connectivity index (χ0n) is 13.3. The second-order valence-electron chi connectivity index (χ2n) is 6.67. The lowest BCUT2D eigenvalue weighted by Crippen LogP contribution is -2.45. The molecule has 6 heteroatoms. The molecule has 0 saturated carbocycles. The van der Waals surface area contributed by atoms with Gasteiger partial charge >= 0.3 is 0 Å². The maximum Gasteiger partial charge on any atom is 0.241 e. The van der Waals surface area contributed by atoms with Gasteiger partial charge in [0.05, 0.1) is 23.2 Å². The van der Waals surface area contributed by atoms with Crippen LogP contribution in [0.2, 0.25) is 0 Å². The molecule has 1 amide bonds. The third kappa shape index (κ3) is 3.59. The molecule has 3 atom stereocenters. The molecular formula is C15H28N2O3S. The Balaban J connectivity index is 2.09. The fourth-order valence-electron chi connectivity index (χ4n) is 3.36. The summed E-state index contributed by atoms with van der Waals surface area (Å²) < 4.78 is 24.1. The molecule has 3 unspecified atom stereocenters. The van der Waals surface area contributed by atoms with Crippen LogP contribution < -0.4 is 5.32 Å². The number of hydrogen-bond donors (Lipinski definition) is 1. The van der Waals surface area contributed by atoms with Crippen LogP contribution >= 0.6 is 0 Å². The van der Waals surface area contributed by atoms with Gasteiger partial charge in [-0.15, -0.1) is 0 Å². The fourth-order valence-corrected chi connectivity index (χ4v) is 5.17. The smallest absolute Gasteiger partial charge is 0.241 e. The van der Waals surface area contributed by atoms with Gasteiger partial charge in [-0.3, -0.25) is 10.1 Å². The molecule has 2 heterocycles. The Morgan fingerprint density at radius 1 is 1.38 bits per heavy atom. The van der Waals surface area contributed by atoms with Crippen molar-refractivity contribution in [3.63, 3.8) is 0 Å². The Labute approximate surface area is 128 Å². The van der Waals surface area contributed by atoms with E-state index in [-0.39, 0.29) is 35.0 Å². The van der Waals surface area contributed by atoms with E-state index in [0.717, 1.165) is 25.7 Å². The normalized spacial score (nSPS) is 32.3. The van der Waals surface area contributed by atoms with Gasteiger partial charge in [-0.05, 0) is 25.2 Å². The maximum absolute atomic E-state index is 12.6. The van der Waals surface area contributed by atoms with E-state index in [4.69, 9.17) is 0 Å². The van der Waals surface area contributed by atoms with Gasteiger partial charge in [-0.25, -0.2) is 8.42 Å². The predicted octanol–water partition coefficient (Wildman–Crippen LogP) is 1.54. The average Bonchev–Trinajstić information content (AvgIpc) is 2.90. The highest BCUT2D eigenvalue weighted by atomic mass is 32.2. The highest BCUT2D eigenvalue weighted by Crippen LogP contribution is 2.26. The van der Waals surface area contributed by atoms with Crippen LogP contribution in [0.1, 0.15) is 52.9 Å². The number of hydrogen-bond acceptors (Lipinski definition) is 4. The lowest BCUT2D eigenvalue weighted by atomic mass is 10.1. The minimum atomic E-state index is -3.00. The Morgan fingerprint density at radius 3 is 2.62 bits per heavy atom. The lowest BCUT2D eigenvalue weighted by molar-refractivity contribution is -0.130. The number of rotatable bonds is 6. The molecule has 122 valence electrons. The van der Waals surface area contributed by atoms with Gasteiger partial charge in [-0.2, -0.15) is 0 Å². The first-order valence-electron chi connectivity index (χ1n) is 8.15. The summed E-state index contributed by atoms with van der Waals surface area (Å²) in [7, 11) is -3.00. The van der Waals surface area contributed by atoms with Gasteiger partial charge in [0.2, 0.25) is 5.91 Å². The van der Waals surface area contributed by atoms with Gasteiger partial charge < -0.3 is 4.90 Å². The molecule has 0 aliphatic carbocycles. The van der Waals surface area contributed by atoms with Crippen molar-refractivity contribution in [3.8, 4) is 0 Å². The van der Waals surface area contributed by atoms with Gasteiger partial charge in [-0.1, -0.05) is 33.6 Å². The molecule has 0 aromatic rings. The highest BCUT2D eigenvalue weighted by molar-refractivity contribution is 7.92. The summed E-state index contributed by atoms with van der Waals surface area (Å²) >= 11 is 0. The van der Waals surface area contributed by atoms with Crippen LogP contribution in [-0.2, 0) is 14.6 Å². The highest BCUT2D eigenvalue weighted by Gasteiger charge is 2.43. The molecule has 0 spiro atoms. The second-order valence-corrected chi connectivity index (χ2v) is 9.07. The zero-order chi connectivity index (χ0) is 15.6. The number of carbonyl (C=O) groups is 1. The Kier molecular flexibility index (Phi) is 5.30. The topological polar surface area (TPSA) is 66.5 Å². The summed E-state index contributed by atoms with van der Waals surface area (Å²) in [4.78, 5) is 14.4. The molecule has 2 aliphatic heterocycles. The Morgan fingerprint density at radius 2 is 2.10 bits per heavy atom. The van der Waals surface area contributed by atoms with E-state index in [0.29, 0.717) is 13.0 Å². The van der Waals surface area contributed by atoms with E-state index in [9.17, 15) is 13.2 Å². The third-order valence-corrected chi connectivity index (χ3v) is 6.89. The van der Waals surface area contributed by atoms with E-state index in [2.05, 4.69) is 26.1 Å². The van der Waals surface area contributed by atoms with Crippen molar-refractivity contribution >= 4 is 15.7 Å². The molecule has 21 heavy (non-hydrogen) atoms. The van der Waals surface area contributed by atoms with Crippen LogP contribution in [0.4, 0.5) is 0 Å². The number of amides is 1. The van der Waals surface area contributed by atoms with Crippen LogP contribution in [0.25, 0.3) is 0 Å². The van der Waals surface area contributed by atoms with E-state index in [1.807, 2.05) is 0 Å². The molecular weight excluding hydrogens is 288 g/mol. The molecule has 5 nitrogen and oxygen atoms in total. The van der Waals surface area contributed by atoms with Crippen LogP contribution in [0.15, 0.2) is 0 Å². The molecule has 0 bridgehead atoms. The summed E-state index contributed by atoms with van der Waals surface area (Å²) in [5.41, 5.74) is 0. The average molecular weight is 316 g/mol. The van der Waals surface area contributed by atoms with E-state index < -0.39 is 9.84 Å². The SMILES string of the molecule is CCCCC1NC(C(C)C)N(CC2CCCS2(=O)=O)C1=O. The number of carbonyl (C=O) groups excluding carboxylic acids is 1. The molecule has 1 N–H and O–H groups in total. The van der Waals surface area contributed by atoms with Gasteiger partial charge in [0.25, 0.3) is 0 Å². The van der Waals surface area contributed by atoms with Crippen molar-refractivity contribution in [1.29, 1.82) is 0 Å². The fraction of sp³-hybridized carbons (Fsp3) is 0.933. The molecule has 0 aromatic carbocycles. The monoisotopic (exact) mass is 316 g/mol. The van der Waals surface area contributed by atoms with Crippen molar-refractivity contribution in [3.05, 3.63) is 0 Å². The molecule has 2 saturated heterocycles. The van der Waals surface area contributed by atoms with Crippen LogP contribution in [0.3, 0.4) is 0 Å². The van der Waals surface area contributed by atoms with E-state index >= 15 is 0 Å². The van der Waals surface area contributed by atoms with Crippen molar-refractivity contribution in [1.82, 2.24) is 10.2 Å². The summed E-state index contributed by atoms with van der Waals surface area (Å²) in [6.07, 6.45) is 4.31. The first-order chi connectivity index (χ1) is 9.86. The minimum Gasteiger partial charge on any atom is -0.324 e. The maximum atomic E-state index is 12.6. The van der Waals surface area contributed by atoms with E-state index in [1.165, 1.54) is 0 Å². The lowest BCUT2D eigenvalue weighted by Gasteiger charge is -2.29. The van der Waals surface area contributed by atoms with Crippen LogP contribution in [-0.4, -0.2) is 49.0 Å². The van der Waals surface area contributed by atoms with Crippen molar-refractivity contribution in [2.45, 2.75) is 70.3 Å². The summed E-state index contributed by atoms with van der Waals surface area (Å²) in [5.74, 6) is 0.646. The molecule has 2 rings (SSSR count). The van der Waals surface area contributed by atoms with Crippen LogP contribution in [0, 0.1) is 5.92 Å². The zero-order valence-corrected chi connectivity index (χ0v) is 14.2. The van der Waals surface area contributed by atoms with Gasteiger partial charge in [0.1, 0.15) is 0 Å². The minimum absolute atomic E-state index is 0.0323. The first kappa shape index (κ1) is 16.7. The van der Waals surface area contributed by atoms with Crippen LogP contribution in [0.5, 0.6) is 0 Å². The quantitative estimate of drug-likeness (QED) is 0.807. The summed E-state index contributed by atoms with van der Waals surface area (Å²) in [5, 5.41) is 3.04. The number of sulfone groups is 1. The molecule has 0 aromatic heterocycles. The number of unbranched alkanes of at least 4 members (excludes halogenated alkanes) is 1. The molecule has 2 aliphatic rings. The molecule has 2 fully saturated rings. The second kappa shape index (κ2) is 6.65. The predicted molar refractivity (Wildman–Crippen MR) is 83.6 cm³/mol. The number of nitrogens with zero attached hydrogens (tertiary/aromatic N) is 1. The Bertz CT molecular complexity index is 475. The summed E-state index contributed by atoms with van der Waals surface area (Å²) in [6, 6.07) is -0.138. The first-order valence-corrected chi connectivity index (χ1v) is 9.86. The molecule has 0 radical (unpaired) electrons. The largest absolute Gasteiger partial charge is 0.324 e. The van der Waals surface area contributed by atoms with Crippen molar-refractivity contribution in [2.24, 2.45) is 5.92 Å². The van der Waals surface area contributed by atoms with Gasteiger partial charge in [0, 0.05) is 6.54 Å². The van der Waals surface area contributed by atoms with Crippen molar-refractivity contribution in [2.75, 3.05) is 12.3 Å². The van der Waals surface area contributed by atoms with Gasteiger partial charge in [0.15, 0.2) is 9.84 Å². The third-order valence-electron chi connectivity index (χ3n) is 4.63.